The summed E-state index contributed by atoms with van der Waals surface area (Å²) in [5.41, 5.74) is 0.712. The van der Waals surface area contributed by atoms with Crippen molar-refractivity contribution in [1.29, 1.82) is 0 Å². The fraction of sp³-hybridized carbons (Fsp3) is 0.273. The van der Waals surface area contributed by atoms with Crippen molar-refractivity contribution in [2.24, 2.45) is 0 Å². The highest BCUT2D eigenvalue weighted by atomic mass is 35.5. The van der Waals surface area contributed by atoms with E-state index in [4.69, 9.17) is 21.1 Å². The van der Waals surface area contributed by atoms with Crippen LogP contribution in [0.25, 0.3) is 0 Å². The van der Waals surface area contributed by atoms with Crippen LogP contribution in [0.15, 0.2) is 24.8 Å². The number of aliphatic hydroxyl groups excluding tert-OH is 1. The molecule has 0 bridgehead atoms. The lowest BCUT2D eigenvalue weighted by Gasteiger charge is -2.10. The van der Waals surface area contributed by atoms with E-state index in [9.17, 15) is 5.11 Å². The summed E-state index contributed by atoms with van der Waals surface area (Å²) in [4.78, 5) is 0. The highest BCUT2D eigenvalue weighted by molar-refractivity contribution is 6.32. The van der Waals surface area contributed by atoms with Crippen LogP contribution >= 0.6 is 11.6 Å². The first kappa shape index (κ1) is 10.3. The van der Waals surface area contributed by atoms with Crippen molar-refractivity contribution in [2.45, 2.75) is 12.5 Å². The SMILES string of the molecule is C=CCC(O)c1cc(Cl)c2c(c1)OCO2. The average Bonchev–Trinajstić information content (AvgIpc) is 2.66. The molecule has 0 amide bonds. The monoisotopic (exact) mass is 226 g/mol. The molecular formula is C11H11ClO3. The maximum atomic E-state index is 9.75. The van der Waals surface area contributed by atoms with Gasteiger partial charge in [0, 0.05) is 0 Å². The van der Waals surface area contributed by atoms with Crippen LogP contribution in [0.3, 0.4) is 0 Å². The fourth-order valence-corrected chi connectivity index (χ4v) is 1.75. The molecule has 0 aliphatic carbocycles. The van der Waals surface area contributed by atoms with E-state index in [1.165, 1.54) is 0 Å². The molecule has 1 heterocycles. The summed E-state index contributed by atoms with van der Waals surface area (Å²) in [6.07, 6.45) is 1.54. The molecule has 0 saturated carbocycles. The van der Waals surface area contributed by atoms with E-state index < -0.39 is 6.10 Å². The van der Waals surface area contributed by atoms with Gasteiger partial charge in [0.05, 0.1) is 11.1 Å². The van der Waals surface area contributed by atoms with Gasteiger partial charge in [-0.3, -0.25) is 0 Å². The van der Waals surface area contributed by atoms with Crippen LogP contribution < -0.4 is 9.47 Å². The van der Waals surface area contributed by atoms with Gasteiger partial charge in [-0.2, -0.15) is 0 Å². The molecule has 80 valence electrons. The van der Waals surface area contributed by atoms with Crippen molar-refractivity contribution in [3.8, 4) is 11.5 Å². The van der Waals surface area contributed by atoms with Crippen LogP contribution in [-0.4, -0.2) is 11.9 Å². The van der Waals surface area contributed by atoms with Crippen LogP contribution in [-0.2, 0) is 0 Å². The van der Waals surface area contributed by atoms with Crippen molar-refractivity contribution < 1.29 is 14.6 Å². The lowest BCUT2D eigenvalue weighted by molar-refractivity contribution is 0.172. The molecule has 0 saturated heterocycles. The molecule has 0 fully saturated rings. The van der Waals surface area contributed by atoms with Crippen LogP contribution in [0, 0.1) is 0 Å². The van der Waals surface area contributed by atoms with E-state index in [1.54, 1.807) is 18.2 Å². The number of benzene rings is 1. The average molecular weight is 227 g/mol. The summed E-state index contributed by atoms with van der Waals surface area (Å²) in [5.74, 6) is 1.13. The van der Waals surface area contributed by atoms with Gasteiger partial charge in [0.1, 0.15) is 0 Å². The Morgan fingerprint density at radius 2 is 2.33 bits per heavy atom. The van der Waals surface area contributed by atoms with Gasteiger partial charge < -0.3 is 14.6 Å². The lowest BCUT2D eigenvalue weighted by atomic mass is 10.1. The van der Waals surface area contributed by atoms with E-state index in [0.29, 0.717) is 28.5 Å². The summed E-state index contributed by atoms with van der Waals surface area (Å²) in [7, 11) is 0. The third-order valence-electron chi connectivity index (χ3n) is 2.22. The third kappa shape index (κ3) is 1.94. The minimum Gasteiger partial charge on any atom is -0.454 e. The second-order valence-corrected chi connectivity index (χ2v) is 3.68. The largest absolute Gasteiger partial charge is 0.454 e. The Morgan fingerprint density at radius 1 is 1.53 bits per heavy atom. The van der Waals surface area contributed by atoms with E-state index in [2.05, 4.69) is 6.58 Å². The zero-order valence-corrected chi connectivity index (χ0v) is 8.83. The molecule has 1 aliphatic heterocycles. The Kier molecular flexibility index (Phi) is 2.84. The van der Waals surface area contributed by atoms with E-state index in [0.717, 1.165) is 0 Å². The maximum absolute atomic E-state index is 9.75. The normalized spacial score (nSPS) is 15.1. The Morgan fingerprint density at radius 3 is 3.07 bits per heavy atom. The first-order chi connectivity index (χ1) is 7.22. The first-order valence-electron chi connectivity index (χ1n) is 4.60. The molecule has 0 spiro atoms. The van der Waals surface area contributed by atoms with Crippen molar-refractivity contribution in [3.63, 3.8) is 0 Å². The zero-order valence-electron chi connectivity index (χ0n) is 8.07. The van der Waals surface area contributed by atoms with Crippen molar-refractivity contribution in [1.82, 2.24) is 0 Å². The topological polar surface area (TPSA) is 38.7 Å². The molecule has 1 aromatic rings. The molecule has 4 heteroatoms. The molecule has 1 aromatic carbocycles. The van der Waals surface area contributed by atoms with Gasteiger partial charge in [0.2, 0.25) is 6.79 Å². The third-order valence-corrected chi connectivity index (χ3v) is 2.51. The number of ether oxygens (including phenoxy) is 2. The van der Waals surface area contributed by atoms with Gasteiger partial charge in [-0.15, -0.1) is 6.58 Å². The first-order valence-corrected chi connectivity index (χ1v) is 4.98. The van der Waals surface area contributed by atoms with Gasteiger partial charge in [-0.05, 0) is 24.1 Å². The van der Waals surface area contributed by atoms with Crippen LogP contribution in [0.4, 0.5) is 0 Å². The predicted octanol–water partition coefficient (Wildman–Crippen LogP) is 2.68. The molecule has 1 aliphatic rings. The fourth-order valence-electron chi connectivity index (χ4n) is 1.47. The molecule has 0 aromatic heterocycles. The number of hydrogen-bond acceptors (Lipinski definition) is 3. The minimum absolute atomic E-state index is 0.177. The minimum atomic E-state index is -0.602. The van der Waals surface area contributed by atoms with Crippen LogP contribution in [0.1, 0.15) is 18.1 Å². The lowest BCUT2D eigenvalue weighted by Crippen LogP contribution is -1.95. The summed E-state index contributed by atoms with van der Waals surface area (Å²) >= 11 is 5.98. The van der Waals surface area contributed by atoms with Crippen molar-refractivity contribution >= 4 is 11.6 Å². The number of halogens is 1. The summed E-state index contributed by atoms with van der Waals surface area (Å²) in [5, 5.41) is 10.2. The molecular weight excluding hydrogens is 216 g/mol. The van der Waals surface area contributed by atoms with Crippen molar-refractivity contribution in [2.75, 3.05) is 6.79 Å². The number of rotatable bonds is 3. The molecule has 2 rings (SSSR count). The van der Waals surface area contributed by atoms with Gasteiger partial charge in [-0.25, -0.2) is 0 Å². The summed E-state index contributed by atoms with van der Waals surface area (Å²) in [6.45, 7) is 3.75. The zero-order chi connectivity index (χ0) is 10.8. The molecule has 0 radical (unpaired) electrons. The van der Waals surface area contributed by atoms with E-state index in [-0.39, 0.29) is 6.79 Å². The Labute approximate surface area is 92.9 Å². The molecule has 15 heavy (non-hydrogen) atoms. The van der Waals surface area contributed by atoms with Gasteiger partial charge in [0.25, 0.3) is 0 Å². The van der Waals surface area contributed by atoms with E-state index >= 15 is 0 Å². The van der Waals surface area contributed by atoms with Gasteiger partial charge >= 0.3 is 0 Å². The van der Waals surface area contributed by atoms with Gasteiger partial charge in [0.15, 0.2) is 11.5 Å². The van der Waals surface area contributed by atoms with Crippen LogP contribution in [0.5, 0.6) is 11.5 Å². The summed E-state index contributed by atoms with van der Waals surface area (Å²) in [6, 6.07) is 3.42. The number of fused-ring (bicyclic) bond motifs is 1. The number of hydrogen-bond donors (Lipinski definition) is 1. The quantitative estimate of drug-likeness (QED) is 0.806. The predicted molar refractivity (Wildman–Crippen MR) is 57.3 cm³/mol. The van der Waals surface area contributed by atoms with Crippen LogP contribution in [0.2, 0.25) is 5.02 Å². The van der Waals surface area contributed by atoms with E-state index in [1.807, 2.05) is 0 Å². The number of aliphatic hydroxyl groups is 1. The molecule has 1 unspecified atom stereocenters. The standard InChI is InChI=1S/C11H11ClO3/c1-2-3-9(13)7-4-8(12)11-10(5-7)14-6-15-11/h2,4-5,9,13H,1,3,6H2. The molecule has 3 nitrogen and oxygen atoms in total. The highest BCUT2D eigenvalue weighted by Crippen LogP contribution is 2.41. The van der Waals surface area contributed by atoms with Crippen molar-refractivity contribution in [3.05, 3.63) is 35.4 Å². The Bertz CT molecular complexity index is 390. The van der Waals surface area contributed by atoms with Gasteiger partial charge in [-0.1, -0.05) is 17.7 Å². The maximum Gasteiger partial charge on any atom is 0.231 e. The smallest absolute Gasteiger partial charge is 0.231 e. The molecule has 1 atom stereocenters. The second-order valence-electron chi connectivity index (χ2n) is 3.28. The Balaban J connectivity index is 2.34. The second kappa shape index (κ2) is 4.13. The Hall–Kier alpha value is -1.19. The summed E-state index contributed by atoms with van der Waals surface area (Å²) < 4.78 is 10.4. The molecule has 1 N–H and O–H groups in total. The highest BCUT2D eigenvalue weighted by Gasteiger charge is 2.20.